The van der Waals surface area contributed by atoms with Crippen molar-refractivity contribution in [3.05, 3.63) is 83.7 Å². The van der Waals surface area contributed by atoms with E-state index in [1.807, 2.05) is 50.2 Å². The third-order valence-electron chi connectivity index (χ3n) is 6.28. The largest absolute Gasteiger partial charge is 0.350 e. The van der Waals surface area contributed by atoms with Gasteiger partial charge < -0.3 is 10.6 Å². The van der Waals surface area contributed by atoms with Crippen LogP contribution >= 0.6 is 0 Å². The predicted octanol–water partition coefficient (Wildman–Crippen LogP) is 4.51. The Morgan fingerprint density at radius 3 is 2.50 bits per heavy atom. The first-order valence-corrected chi connectivity index (χ1v) is 11.9. The molecule has 2 N–H and O–H groups in total. The first kappa shape index (κ1) is 23.9. The van der Waals surface area contributed by atoms with Gasteiger partial charge in [-0.25, -0.2) is 4.39 Å². The minimum absolute atomic E-state index is 0.0279. The highest BCUT2D eigenvalue weighted by Gasteiger charge is 2.28. The number of halogens is 1. The van der Waals surface area contributed by atoms with Crippen LogP contribution in [0.2, 0.25) is 0 Å². The molecule has 1 aliphatic rings. The molecule has 0 aromatic heterocycles. The standard InChI is InChI=1S/C28H32FN3O2/c1-19(2)15-26(31-27(33)23-10-9-21-5-3-4-6-22(21)16-23)28(34)30-25-13-14-32(18-25)17-20-7-11-24(29)12-8-20/h3-12,16,19,25-26H,13-15,17-18H2,1-2H3,(H,30,34)(H,31,33)/t25-,26-/m0/s1. The fraction of sp³-hybridized carbons (Fsp3) is 0.357. The summed E-state index contributed by atoms with van der Waals surface area (Å²) in [7, 11) is 0. The maximum absolute atomic E-state index is 13.1. The van der Waals surface area contributed by atoms with Crippen LogP contribution in [0.25, 0.3) is 10.8 Å². The lowest BCUT2D eigenvalue weighted by molar-refractivity contribution is -0.124. The van der Waals surface area contributed by atoms with Crippen LogP contribution in [-0.2, 0) is 11.3 Å². The van der Waals surface area contributed by atoms with Gasteiger partial charge in [0.2, 0.25) is 5.91 Å². The van der Waals surface area contributed by atoms with Crippen LogP contribution in [0.1, 0.15) is 42.6 Å². The molecule has 0 unspecified atom stereocenters. The number of likely N-dealkylation sites (tertiary alicyclic amines) is 1. The number of fused-ring (bicyclic) bond motifs is 1. The number of rotatable bonds is 8. The van der Waals surface area contributed by atoms with Crippen molar-refractivity contribution in [2.45, 2.75) is 45.3 Å². The lowest BCUT2D eigenvalue weighted by atomic mass is 10.0. The number of benzene rings is 3. The molecule has 2 amide bonds. The van der Waals surface area contributed by atoms with Crippen molar-refractivity contribution >= 4 is 22.6 Å². The summed E-state index contributed by atoms with van der Waals surface area (Å²) >= 11 is 0. The van der Waals surface area contributed by atoms with Gasteiger partial charge in [-0.1, -0.05) is 56.3 Å². The van der Waals surface area contributed by atoms with E-state index in [1.54, 1.807) is 18.2 Å². The lowest BCUT2D eigenvalue weighted by Crippen LogP contribution is -2.50. The predicted molar refractivity (Wildman–Crippen MR) is 133 cm³/mol. The highest BCUT2D eigenvalue weighted by Crippen LogP contribution is 2.17. The lowest BCUT2D eigenvalue weighted by Gasteiger charge is -2.23. The number of carbonyl (C=O) groups is 2. The summed E-state index contributed by atoms with van der Waals surface area (Å²) in [5.74, 6) is -0.365. The molecule has 178 valence electrons. The van der Waals surface area contributed by atoms with Crippen LogP contribution in [-0.4, -0.2) is 41.9 Å². The summed E-state index contributed by atoms with van der Waals surface area (Å²) in [5.41, 5.74) is 1.60. The molecule has 1 heterocycles. The van der Waals surface area contributed by atoms with Crippen molar-refractivity contribution < 1.29 is 14.0 Å². The van der Waals surface area contributed by atoms with Gasteiger partial charge >= 0.3 is 0 Å². The SMILES string of the molecule is CC(C)C[C@H](NC(=O)c1ccc2ccccc2c1)C(=O)N[C@H]1CCN(Cc2ccc(F)cc2)C1. The van der Waals surface area contributed by atoms with E-state index in [4.69, 9.17) is 0 Å². The molecule has 2 atom stereocenters. The molecule has 1 aliphatic heterocycles. The second-order valence-corrected chi connectivity index (χ2v) is 9.57. The van der Waals surface area contributed by atoms with Crippen molar-refractivity contribution in [2.75, 3.05) is 13.1 Å². The van der Waals surface area contributed by atoms with Crippen LogP contribution in [0, 0.1) is 11.7 Å². The summed E-state index contributed by atoms with van der Waals surface area (Å²) in [5, 5.41) is 8.16. The molecule has 0 saturated carbocycles. The maximum atomic E-state index is 13.1. The average molecular weight is 462 g/mol. The number of hydrogen-bond acceptors (Lipinski definition) is 3. The first-order chi connectivity index (χ1) is 16.4. The van der Waals surface area contributed by atoms with E-state index in [2.05, 4.69) is 15.5 Å². The monoisotopic (exact) mass is 461 g/mol. The quantitative estimate of drug-likeness (QED) is 0.519. The van der Waals surface area contributed by atoms with Crippen molar-refractivity contribution in [1.29, 1.82) is 0 Å². The van der Waals surface area contributed by atoms with Gasteiger partial charge in [0.25, 0.3) is 5.91 Å². The van der Waals surface area contributed by atoms with Crippen LogP contribution in [0.15, 0.2) is 66.7 Å². The van der Waals surface area contributed by atoms with Crippen LogP contribution < -0.4 is 10.6 Å². The Morgan fingerprint density at radius 1 is 1.03 bits per heavy atom. The van der Waals surface area contributed by atoms with Crippen molar-refractivity contribution in [1.82, 2.24) is 15.5 Å². The topological polar surface area (TPSA) is 61.4 Å². The summed E-state index contributed by atoms with van der Waals surface area (Å²) < 4.78 is 13.1. The van der Waals surface area contributed by atoms with E-state index >= 15 is 0 Å². The van der Waals surface area contributed by atoms with Gasteiger partial charge in [-0.05, 0) is 59.4 Å². The number of amides is 2. The molecular formula is C28H32FN3O2. The molecule has 0 spiro atoms. The first-order valence-electron chi connectivity index (χ1n) is 11.9. The van der Waals surface area contributed by atoms with Gasteiger partial charge in [-0.2, -0.15) is 0 Å². The highest BCUT2D eigenvalue weighted by atomic mass is 19.1. The highest BCUT2D eigenvalue weighted by molar-refractivity contribution is 6.00. The van der Waals surface area contributed by atoms with Gasteiger partial charge in [-0.15, -0.1) is 0 Å². The number of carbonyl (C=O) groups excluding carboxylic acids is 2. The third kappa shape index (κ3) is 6.20. The van der Waals surface area contributed by atoms with E-state index in [-0.39, 0.29) is 29.6 Å². The smallest absolute Gasteiger partial charge is 0.251 e. The maximum Gasteiger partial charge on any atom is 0.251 e. The fourth-order valence-electron chi connectivity index (χ4n) is 4.52. The molecule has 0 radical (unpaired) electrons. The Labute approximate surface area is 200 Å². The van der Waals surface area contributed by atoms with E-state index in [1.165, 1.54) is 12.1 Å². The summed E-state index contributed by atoms with van der Waals surface area (Å²) in [6.07, 6.45) is 1.41. The number of hydrogen-bond donors (Lipinski definition) is 2. The minimum Gasteiger partial charge on any atom is -0.350 e. The van der Waals surface area contributed by atoms with Gasteiger partial charge in [-0.3, -0.25) is 14.5 Å². The summed E-state index contributed by atoms with van der Waals surface area (Å²) in [6.45, 7) is 6.41. The fourth-order valence-corrected chi connectivity index (χ4v) is 4.52. The zero-order valence-electron chi connectivity index (χ0n) is 19.8. The number of nitrogens with zero attached hydrogens (tertiary/aromatic N) is 1. The van der Waals surface area contributed by atoms with E-state index < -0.39 is 6.04 Å². The molecular weight excluding hydrogens is 429 g/mol. The van der Waals surface area contributed by atoms with E-state index in [9.17, 15) is 14.0 Å². The molecule has 6 heteroatoms. The van der Waals surface area contributed by atoms with Crippen molar-refractivity contribution in [2.24, 2.45) is 5.92 Å². The molecule has 4 rings (SSSR count). The summed E-state index contributed by atoms with van der Waals surface area (Å²) in [6, 6.07) is 19.4. The van der Waals surface area contributed by atoms with Gasteiger partial charge in [0.05, 0.1) is 0 Å². The Morgan fingerprint density at radius 2 is 1.76 bits per heavy atom. The minimum atomic E-state index is -0.592. The molecule has 1 fully saturated rings. The van der Waals surface area contributed by atoms with Crippen molar-refractivity contribution in [3.8, 4) is 0 Å². The Hall–Kier alpha value is -3.25. The Kier molecular flexibility index (Phi) is 7.58. The molecule has 1 saturated heterocycles. The van der Waals surface area contributed by atoms with E-state index in [0.29, 0.717) is 12.0 Å². The normalized spacial score (nSPS) is 17.1. The molecule has 0 bridgehead atoms. The zero-order chi connectivity index (χ0) is 24.1. The Bertz CT molecular complexity index is 1150. The Balaban J connectivity index is 1.36. The molecule has 0 aliphatic carbocycles. The van der Waals surface area contributed by atoms with Crippen LogP contribution in [0.4, 0.5) is 4.39 Å². The van der Waals surface area contributed by atoms with Crippen LogP contribution in [0.5, 0.6) is 0 Å². The second kappa shape index (κ2) is 10.8. The molecule has 3 aromatic carbocycles. The third-order valence-corrected chi connectivity index (χ3v) is 6.28. The molecule has 3 aromatic rings. The average Bonchev–Trinajstić information content (AvgIpc) is 3.26. The van der Waals surface area contributed by atoms with Crippen LogP contribution in [0.3, 0.4) is 0 Å². The van der Waals surface area contributed by atoms with Crippen molar-refractivity contribution in [3.63, 3.8) is 0 Å². The molecule has 34 heavy (non-hydrogen) atoms. The van der Waals surface area contributed by atoms with Gasteiger partial charge in [0.1, 0.15) is 11.9 Å². The second-order valence-electron chi connectivity index (χ2n) is 9.57. The van der Waals surface area contributed by atoms with Gasteiger partial charge in [0.15, 0.2) is 0 Å². The summed E-state index contributed by atoms with van der Waals surface area (Å²) in [4.78, 5) is 28.4. The van der Waals surface area contributed by atoms with Gasteiger partial charge in [0, 0.05) is 31.2 Å². The number of nitrogens with one attached hydrogen (secondary N) is 2. The molecule has 5 nitrogen and oxygen atoms in total. The van der Waals surface area contributed by atoms with E-state index in [0.717, 1.165) is 42.4 Å². The zero-order valence-corrected chi connectivity index (χ0v) is 19.8.